The van der Waals surface area contributed by atoms with Crippen LogP contribution in [0.1, 0.15) is 0 Å². The maximum Gasteiger partial charge on any atom is 0.168 e. The number of aromatic amines is 1. The predicted molar refractivity (Wildman–Crippen MR) is 75.8 cm³/mol. The van der Waals surface area contributed by atoms with Gasteiger partial charge in [-0.05, 0) is 12.1 Å². The van der Waals surface area contributed by atoms with Crippen molar-refractivity contribution in [2.24, 2.45) is 0 Å². The average molecular weight is 284 g/mol. The van der Waals surface area contributed by atoms with Crippen LogP contribution in [0.5, 0.6) is 23.0 Å². The first-order chi connectivity index (χ1) is 10.2. The number of imidazole rings is 1. The summed E-state index contributed by atoms with van der Waals surface area (Å²) in [5.41, 5.74) is 1.92. The van der Waals surface area contributed by atoms with E-state index in [1.807, 2.05) is 6.07 Å². The summed E-state index contributed by atoms with van der Waals surface area (Å²) in [6, 6.07) is 8.36. The molecule has 2 heterocycles. The molecule has 6 nitrogen and oxygen atoms in total. The molecule has 106 valence electrons. The summed E-state index contributed by atoms with van der Waals surface area (Å²) in [6.07, 6.45) is 0. The molecule has 3 aromatic rings. The minimum atomic E-state index is -0.200. The van der Waals surface area contributed by atoms with E-state index >= 15 is 0 Å². The topological polar surface area (TPSA) is 87.6 Å². The number of benzene rings is 2. The van der Waals surface area contributed by atoms with Crippen LogP contribution < -0.4 is 9.47 Å². The van der Waals surface area contributed by atoms with Crippen molar-refractivity contribution in [3.63, 3.8) is 0 Å². The van der Waals surface area contributed by atoms with Gasteiger partial charge in [0, 0.05) is 12.1 Å². The molecule has 0 amide bonds. The Morgan fingerprint density at radius 2 is 1.81 bits per heavy atom. The van der Waals surface area contributed by atoms with Crippen molar-refractivity contribution < 1.29 is 19.7 Å². The van der Waals surface area contributed by atoms with Gasteiger partial charge in [0.15, 0.2) is 23.0 Å². The summed E-state index contributed by atoms with van der Waals surface area (Å²) in [5, 5.41) is 19.5. The highest BCUT2D eigenvalue weighted by atomic mass is 16.6. The maximum atomic E-state index is 9.93. The third-order valence-corrected chi connectivity index (χ3v) is 3.42. The molecular formula is C15H12N2O4. The van der Waals surface area contributed by atoms with E-state index in [0.29, 0.717) is 41.6 Å². The van der Waals surface area contributed by atoms with Crippen LogP contribution in [-0.4, -0.2) is 33.4 Å². The zero-order valence-corrected chi connectivity index (χ0v) is 11.0. The lowest BCUT2D eigenvalue weighted by Crippen LogP contribution is -2.15. The molecule has 0 atom stereocenters. The SMILES string of the molecule is Oc1cccc(-c2nc3cc4c(cc3[nH]2)OCCO4)c1O. The van der Waals surface area contributed by atoms with Crippen molar-refractivity contribution in [3.05, 3.63) is 30.3 Å². The van der Waals surface area contributed by atoms with E-state index < -0.39 is 0 Å². The molecule has 0 fully saturated rings. The average Bonchev–Trinajstić information content (AvgIpc) is 2.90. The second kappa shape index (κ2) is 4.31. The van der Waals surface area contributed by atoms with Crippen LogP contribution >= 0.6 is 0 Å². The van der Waals surface area contributed by atoms with Gasteiger partial charge in [0.2, 0.25) is 0 Å². The molecular weight excluding hydrogens is 272 g/mol. The van der Waals surface area contributed by atoms with Gasteiger partial charge in [0.25, 0.3) is 0 Å². The Morgan fingerprint density at radius 1 is 1.05 bits per heavy atom. The van der Waals surface area contributed by atoms with Gasteiger partial charge >= 0.3 is 0 Å². The standard InChI is InChI=1S/C15H12N2O4/c18-11-3-1-2-8(14(11)19)15-16-9-6-12-13(7-10(9)17-15)21-5-4-20-12/h1-3,6-7,18-19H,4-5H2,(H,16,17). The Bertz CT molecular complexity index is 798. The number of nitrogens with zero attached hydrogens (tertiary/aromatic N) is 1. The van der Waals surface area contributed by atoms with E-state index in [0.717, 1.165) is 5.52 Å². The molecule has 1 aliphatic rings. The first-order valence-corrected chi connectivity index (χ1v) is 6.53. The Balaban J connectivity index is 1.89. The van der Waals surface area contributed by atoms with Gasteiger partial charge < -0.3 is 24.7 Å². The number of H-pyrrole nitrogens is 1. The van der Waals surface area contributed by atoms with Crippen molar-refractivity contribution >= 4 is 11.0 Å². The largest absolute Gasteiger partial charge is 0.504 e. The molecule has 0 radical (unpaired) electrons. The Labute approximate surface area is 119 Å². The number of nitrogens with one attached hydrogen (secondary N) is 1. The summed E-state index contributed by atoms with van der Waals surface area (Å²) in [5.74, 6) is 1.42. The second-order valence-electron chi connectivity index (χ2n) is 4.77. The lowest BCUT2D eigenvalue weighted by atomic mass is 10.2. The third kappa shape index (κ3) is 1.84. The molecule has 6 heteroatoms. The van der Waals surface area contributed by atoms with Crippen LogP contribution in [0, 0.1) is 0 Å². The molecule has 1 aliphatic heterocycles. The van der Waals surface area contributed by atoms with E-state index in [1.165, 1.54) is 6.07 Å². The number of para-hydroxylation sites is 1. The van der Waals surface area contributed by atoms with Gasteiger partial charge in [-0.1, -0.05) is 6.07 Å². The smallest absolute Gasteiger partial charge is 0.168 e. The minimum Gasteiger partial charge on any atom is -0.504 e. The number of fused-ring (bicyclic) bond motifs is 2. The van der Waals surface area contributed by atoms with Gasteiger partial charge in [0.05, 0.1) is 16.6 Å². The number of hydrogen-bond donors (Lipinski definition) is 3. The highest BCUT2D eigenvalue weighted by molar-refractivity contribution is 5.84. The molecule has 0 spiro atoms. The van der Waals surface area contributed by atoms with E-state index in [9.17, 15) is 10.2 Å². The molecule has 21 heavy (non-hydrogen) atoms. The first kappa shape index (κ1) is 11.9. The predicted octanol–water partition coefficient (Wildman–Crippen LogP) is 2.41. The molecule has 1 aromatic heterocycles. The third-order valence-electron chi connectivity index (χ3n) is 3.42. The summed E-state index contributed by atoms with van der Waals surface area (Å²) in [4.78, 5) is 7.54. The van der Waals surface area contributed by atoms with Crippen LogP contribution in [0.3, 0.4) is 0 Å². The van der Waals surface area contributed by atoms with Crippen LogP contribution in [0.25, 0.3) is 22.4 Å². The number of rotatable bonds is 1. The fraction of sp³-hybridized carbons (Fsp3) is 0.133. The fourth-order valence-corrected chi connectivity index (χ4v) is 2.40. The van der Waals surface area contributed by atoms with Gasteiger partial charge in [-0.15, -0.1) is 0 Å². The van der Waals surface area contributed by atoms with Crippen molar-refractivity contribution in [1.82, 2.24) is 9.97 Å². The number of hydrogen-bond acceptors (Lipinski definition) is 5. The van der Waals surface area contributed by atoms with E-state index in [-0.39, 0.29) is 11.5 Å². The van der Waals surface area contributed by atoms with Crippen molar-refractivity contribution in [2.75, 3.05) is 13.2 Å². The first-order valence-electron chi connectivity index (χ1n) is 6.53. The second-order valence-corrected chi connectivity index (χ2v) is 4.77. The Hall–Kier alpha value is -2.89. The monoisotopic (exact) mass is 284 g/mol. The minimum absolute atomic E-state index is 0.182. The fourth-order valence-electron chi connectivity index (χ4n) is 2.40. The number of aromatic hydroxyl groups is 2. The van der Waals surface area contributed by atoms with Crippen molar-refractivity contribution in [1.29, 1.82) is 0 Å². The zero-order valence-electron chi connectivity index (χ0n) is 11.0. The van der Waals surface area contributed by atoms with Gasteiger partial charge in [0.1, 0.15) is 19.0 Å². The van der Waals surface area contributed by atoms with Crippen molar-refractivity contribution in [3.8, 4) is 34.4 Å². The number of aromatic nitrogens is 2. The lowest BCUT2D eigenvalue weighted by Gasteiger charge is -2.17. The molecule has 2 aromatic carbocycles. The molecule has 0 saturated heterocycles. The summed E-state index contributed by atoms with van der Waals surface area (Å²) in [6.45, 7) is 1.04. The summed E-state index contributed by atoms with van der Waals surface area (Å²) in [7, 11) is 0. The molecule has 4 rings (SSSR count). The van der Waals surface area contributed by atoms with Crippen LogP contribution in [-0.2, 0) is 0 Å². The zero-order chi connectivity index (χ0) is 14.4. The van der Waals surface area contributed by atoms with Crippen LogP contribution in [0.15, 0.2) is 30.3 Å². The van der Waals surface area contributed by atoms with Crippen molar-refractivity contribution in [2.45, 2.75) is 0 Å². The van der Waals surface area contributed by atoms with Gasteiger partial charge in [-0.25, -0.2) is 4.98 Å². The maximum absolute atomic E-state index is 9.93. The quantitative estimate of drug-likeness (QED) is 0.597. The normalized spacial score (nSPS) is 13.5. The number of phenols is 2. The van der Waals surface area contributed by atoms with Gasteiger partial charge in [-0.3, -0.25) is 0 Å². The van der Waals surface area contributed by atoms with E-state index in [2.05, 4.69) is 9.97 Å². The number of ether oxygens (including phenoxy) is 2. The Kier molecular flexibility index (Phi) is 2.44. The highest BCUT2D eigenvalue weighted by Gasteiger charge is 2.17. The Morgan fingerprint density at radius 3 is 2.62 bits per heavy atom. The molecule has 0 unspecified atom stereocenters. The molecule has 0 saturated carbocycles. The lowest BCUT2D eigenvalue weighted by molar-refractivity contribution is 0.172. The number of phenolic OH excluding ortho intramolecular Hbond substituents is 2. The van der Waals surface area contributed by atoms with E-state index in [4.69, 9.17) is 9.47 Å². The molecule has 0 aliphatic carbocycles. The molecule has 0 bridgehead atoms. The highest BCUT2D eigenvalue weighted by Crippen LogP contribution is 2.38. The van der Waals surface area contributed by atoms with E-state index in [1.54, 1.807) is 18.2 Å². The molecule has 3 N–H and O–H groups in total. The van der Waals surface area contributed by atoms with Gasteiger partial charge in [-0.2, -0.15) is 0 Å². The summed E-state index contributed by atoms with van der Waals surface area (Å²) < 4.78 is 11.0. The van der Waals surface area contributed by atoms with Crippen LogP contribution in [0.4, 0.5) is 0 Å². The van der Waals surface area contributed by atoms with Crippen LogP contribution in [0.2, 0.25) is 0 Å². The summed E-state index contributed by atoms with van der Waals surface area (Å²) >= 11 is 0.